The van der Waals surface area contributed by atoms with Crippen LogP contribution in [-0.4, -0.2) is 33.3 Å². The fourth-order valence-corrected chi connectivity index (χ4v) is 3.09. The minimum atomic E-state index is -1.36. The molecule has 1 aliphatic rings. The lowest BCUT2D eigenvalue weighted by molar-refractivity contribution is 0.0482. The zero-order valence-electron chi connectivity index (χ0n) is 15.7. The third-order valence-electron chi connectivity index (χ3n) is 4.68. The number of hydrogen-bond donors (Lipinski definition) is 2. The summed E-state index contributed by atoms with van der Waals surface area (Å²) in [5.74, 6) is -0.279. The zero-order valence-corrected chi connectivity index (χ0v) is 15.7. The second-order valence-corrected chi connectivity index (χ2v) is 8.13. The molecule has 0 saturated carbocycles. The first-order valence-electron chi connectivity index (χ1n) is 8.88. The zero-order chi connectivity index (χ0) is 19.1. The first kappa shape index (κ1) is 18.8. The average molecular weight is 354 g/mol. The second kappa shape index (κ2) is 6.62. The molecule has 0 aliphatic carbocycles. The summed E-state index contributed by atoms with van der Waals surface area (Å²) in [6, 6.07) is 15.6. The minimum Gasteiger partial charge on any atom is -0.388 e. The van der Waals surface area contributed by atoms with E-state index in [0.29, 0.717) is 5.56 Å². The molecule has 2 N–H and O–H groups in total. The van der Waals surface area contributed by atoms with E-state index in [2.05, 4.69) is 12.1 Å². The van der Waals surface area contributed by atoms with Crippen molar-refractivity contribution in [2.45, 2.75) is 57.5 Å². The predicted molar refractivity (Wildman–Crippen MR) is 100 cm³/mol. The highest BCUT2D eigenvalue weighted by molar-refractivity contribution is 6.01. The molecule has 1 fully saturated rings. The maximum Gasteiger partial charge on any atom is 0.193 e. The number of benzene rings is 2. The largest absolute Gasteiger partial charge is 0.388 e. The Morgan fingerprint density at radius 1 is 0.923 bits per heavy atom. The molecule has 1 aliphatic heterocycles. The smallest absolute Gasteiger partial charge is 0.193 e. The third kappa shape index (κ3) is 4.21. The Morgan fingerprint density at radius 2 is 1.42 bits per heavy atom. The highest BCUT2D eigenvalue weighted by Crippen LogP contribution is 2.44. The van der Waals surface area contributed by atoms with Gasteiger partial charge in [0.2, 0.25) is 0 Å². The number of aliphatic hydroxyl groups is 2. The van der Waals surface area contributed by atoms with Crippen molar-refractivity contribution in [2.24, 2.45) is 0 Å². The summed E-state index contributed by atoms with van der Waals surface area (Å²) in [5.41, 5.74) is 1.67. The van der Waals surface area contributed by atoms with Crippen LogP contribution < -0.4 is 0 Å². The summed E-state index contributed by atoms with van der Waals surface area (Å²) in [6.45, 7) is 6.52. The number of ether oxygens (including phenoxy) is 1. The molecule has 2 aromatic rings. The number of ketones is 1. The van der Waals surface area contributed by atoms with Gasteiger partial charge in [-0.2, -0.15) is 0 Å². The van der Waals surface area contributed by atoms with Crippen molar-refractivity contribution in [3.05, 3.63) is 70.8 Å². The summed E-state index contributed by atoms with van der Waals surface area (Å²) >= 11 is 0. The molecule has 2 unspecified atom stereocenters. The molecule has 0 spiro atoms. The molecule has 26 heavy (non-hydrogen) atoms. The van der Waals surface area contributed by atoms with Gasteiger partial charge in [-0.15, -0.1) is 0 Å². The van der Waals surface area contributed by atoms with Gasteiger partial charge in [0.05, 0.1) is 5.60 Å². The van der Waals surface area contributed by atoms with Crippen LogP contribution in [0.15, 0.2) is 48.5 Å². The highest BCUT2D eigenvalue weighted by Gasteiger charge is 2.49. The van der Waals surface area contributed by atoms with Crippen molar-refractivity contribution in [1.29, 1.82) is 0 Å². The predicted octanol–water partition coefficient (Wildman–Crippen LogP) is 3.44. The van der Waals surface area contributed by atoms with E-state index in [0.717, 1.165) is 23.1 Å². The van der Waals surface area contributed by atoms with E-state index in [1.165, 1.54) is 13.8 Å². The van der Waals surface area contributed by atoms with Crippen LogP contribution in [0, 0.1) is 0 Å². The number of carbonyl (C=O) groups excluding carboxylic acids is 1. The molecular weight excluding hydrogens is 328 g/mol. The Hall–Kier alpha value is -2.01. The number of epoxide rings is 1. The Kier molecular flexibility index (Phi) is 4.78. The summed E-state index contributed by atoms with van der Waals surface area (Å²) in [6.07, 6.45) is 0.586. The van der Waals surface area contributed by atoms with E-state index < -0.39 is 11.2 Å². The lowest BCUT2D eigenvalue weighted by Gasteiger charge is -2.15. The molecule has 3 rings (SSSR count). The van der Waals surface area contributed by atoms with Gasteiger partial charge >= 0.3 is 0 Å². The van der Waals surface area contributed by atoms with Gasteiger partial charge in [-0.1, -0.05) is 48.5 Å². The maximum atomic E-state index is 12.1. The lowest BCUT2D eigenvalue weighted by Crippen LogP contribution is -2.31. The first-order chi connectivity index (χ1) is 12.1. The molecule has 0 radical (unpaired) electrons. The molecule has 2 atom stereocenters. The Bertz CT molecular complexity index is 777. The molecule has 0 bridgehead atoms. The molecule has 1 saturated heterocycles. The topological polar surface area (TPSA) is 70.1 Å². The van der Waals surface area contributed by atoms with Crippen molar-refractivity contribution < 1.29 is 19.7 Å². The van der Waals surface area contributed by atoms with E-state index in [4.69, 9.17) is 4.74 Å². The standard InChI is InChI=1S/C22H26O4/c1-21(2,24)19(23)17-11-7-15(8-12-17)13-14-5-9-16(10-6-14)18-20(26-18)22(3,4)25/h5-12,18,20,24-25H,13H2,1-4H3. The van der Waals surface area contributed by atoms with Gasteiger partial charge in [0.1, 0.15) is 17.8 Å². The third-order valence-corrected chi connectivity index (χ3v) is 4.68. The van der Waals surface area contributed by atoms with Gasteiger partial charge in [-0.3, -0.25) is 4.79 Å². The maximum absolute atomic E-state index is 12.1. The van der Waals surface area contributed by atoms with Gasteiger partial charge in [-0.25, -0.2) is 0 Å². The van der Waals surface area contributed by atoms with Gasteiger partial charge in [0.25, 0.3) is 0 Å². The van der Waals surface area contributed by atoms with Gasteiger partial charge in [-0.05, 0) is 50.8 Å². The minimum absolute atomic E-state index is 0.0313. The number of Topliss-reactive ketones (excluding diaryl/α,β-unsaturated/α-hetero) is 1. The molecule has 0 aromatic heterocycles. The first-order valence-corrected chi connectivity index (χ1v) is 8.88. The Morgan fingerprint density at radius 3 is 1.85 bits per heavy atom. The van der Waals surface area contributed by atoms with Crippen LogP contribution in [0.2, 0.25) is 0 Å². The molecule has 4 nitrogen and oxygen atoms in total. The second-order valence-electron chi connectivity index (χ2n) is 8.13. The van der Waals surface area contributed by atoms with Gasteiger partial charge in [0.15, 0.2) is 5.78 Å². The quantitative estimate of drug-likeness (QED) is 0.616. The van der Waals surface area contributed by atoms with Crippen molar-refractivity contribution in [3.63, 3.8) is 0 Å². The molecule has 0 amide bonds. The summed E-state index contributed by atoms with van der Waals surface area (Å²) in [7, 11) is 0. The van der Waals surface area contributed by atoms with E-state index in [1.54, 1.807) is 26.0 Å². The molecule has 4 heteroatoms. The molecular formula is C22H26O4. The number of hydrogen-bond acceptors (Lipinski definition) is 4. The lowest BCUT2D eigenvalue weighted by atomic mass is 9.94. The van der Waals surface area contributed by atoms with Crippen LogP contribution in [0.5, 0.6) is 0 Å². The van der Waals surface area contributed by atoms with Crippen LogP contribution in [-0.2, 0) is 11.2 Å². The van der Waals surface area contributed by atoms with Crippen molar-refractivity contribution in [1.82, 2.24) is 0 Å². The van der Waals surface area contributed by atoms with Crippen LogP contribution in [0.25, 0.3) is 0 Å². The SMILES string of the molecule is CC(C)(O)C(=O)c1ccc(Cc2ccc(C3OC3C(C)(C)O)cc2)cc1. The number of rotatable bonds is 6. The normalized spacial score (nSPS) is 20.1. The van der Waals surface area contributed by atoms with E-state index in [1.807, 2.05) is 24.3 Å². The van der Waals surface area contributed by atoms with E-state index in [9.17, 15) is 15.0 Å². The van der Waals surface area contributed by atoms with Crippen molar-refractivity contribution in [2.75, 3.05) is 0 Å². The fraction of sp³-hybridized carbons (Fsp3) is 0.409. The highest BCUT2D eigenvalue weighted by atomic mass is 16.6. The summed E-state index contributed by atoms with van der Waals surface area (Å²) in [4.78, 5) is 12.1. The van der Waals surface area contributed by atoms with E-state index >= 15 is 0 Å². The number of carbonyl (C=O) groups is 1. The molecule has 138 valence electrons. The van der Waals surface area contributed by atoms with E-state index in [-0.39, 0.29) is 18.0 Å². The fourth-order valence-electron chi connectivity index (χ4n) is 3.09. The monoisotopic (exact) mass is 354 g/mol. The summed E-state index contributed by atoms with van der Waals surface area (Å²) in [5, 5.41) is 19.8. The van der Waals surface area contributed by atoms with Crippen molar-refractivity contribution in [3.8, 4) is 0 Å². The van der Waals surface area contributed by atoms with Crippen LogP contribution in [0.3, 0.4) is 0 Å². The summed E-state index contributed by atoms with van der Waals surface area (Å²) < 4.78 is 5.59. The van der Waals surface area contributed by atoms with Gasteiger partial charge < -0.3 is 14.9 Å². The van der Waals surface area contributed by atoms with Crippen molar-refractivity contribution >= 4 is 5.78 Å². The molecule has 1 heterocycles. The Balaban J connectivity index is 1.64. The molecule has 2 aromatic carbocycles. The Labute approximate surface area is 154 Å². The van der Waals surface area contributed by atoms with Gasteiger partial charge in [0, 0.05) is 5.56 Å². The van der Waals surface area contributed by atoms with Crippen LogP contribution in [0.1, 0.15) is 60.8 Å². The average Bonchev–Trinajstić information content (AvgIpc) is 3.36. The van der Waals surface area contributed by atoms with Crippen LogP contribution >= 0.6 is 0 Å². The van der Waals surface area contributed by atoms with Crippen LogP contribution in [0.4, 0.5) is 0 Å².